The van der Waals surface area contributed by atoms with Crippen LogP contribution in [0.5, 0.6) is 0 Å². The molecule has 1 aliphatic heterocycles. The minimum absolute atomic E-state index is 0.398. The standard InChI is InChI=1S/C24H29ClN5OP/c1-5-16-12-17-10-11-30(2)15-18(17)13-21(16)28-24-26-14-19(25)23(29-24)27-20-8-6-7-9-22(20)32(3,4)31/h6-9,12-14H,5,10-11,15H2,1-4H3,(H2,26,27,28,29). The summed E-state index contributed by atoms with van der Waals surface area (Å²) in [5, 5.41) is 7.81. The van der Waals surface area contributed by atoms with Gasteiger partial charge in [-0.05, 0) is 68.1 Å². The van der Waals surface area contributed by atoms with Crippen LogP contribution in [0.25, 0.3) is 0 Å². The summed E-state index contributed by atoms with van der Waals surface area (Å²) in [6.45, 7) is 7.68. The van der Waals surface area contributed by atoms with Crippen molar-refractivity contribution in [2.24, 2.45) is 0 Å². The van der Waals surface area contributed by atoms with Crippen molar-refractivity contribution in [3.05, 3.63) is 64.3 Å². The first-order chi connectivity index (χ1) is 15.2. The molecule has 0 amide bonds. The predicted molar refractivity (Wildman–Crippen MR) is 135 cm³/mol. The maximum Gasteiger partial charge on any atom is 0.229 e. The second-order valence-electron chi connectivity index (χ2n) is 8.63. The number of benzene rings is 2. The monoisotopic (exact) mass is 469 g/mol. The van der Waals surface area contributed by atoms with Crippen LogP contribution >= 0.6 is 18.7 Å². The van der Waals surface area contributed by atoms with Gasteiger partial charge in [-0.25, -0.2) is 4.98 Å². The van der Waals surface area contributed by atoms with Crippen LogP contribution < -0.4 is 15.9 Å². The fourth-order valence-corrected chi connectivity index (χ4v) is 5.32. The Morgan fingerprint density at radius 3 is 2.66 bits per heavy atom. The van der Waals surface area contributed by atoms with Gasteiger partial charge in [-0.2, -0.15) is 4.98 Å². The van der Waals surface area contributed by atoms with E-state index >= 15 is 0 Å². The predicted octanol–water partition coefficient (Wildman–Crippen LogP) is 5.42. The second kappa shape index (κ2) is 9.22. The van der Waals surface area contributed by atoms with E-state index < -0.39 is 7.14 Å². The molecule has 2 N–H and O–H groups in total. The Morgan fingerprint density at radius 2 is 1.91 bits per heavy atom. The van der Waals surface area contributed by atoms with Crippen LogP contribution in [0.3, 0.4) is 0 Å². The minimum Gasteiger partial charge on any atom is -0.338 e. The molecule has 0 bridgehead atoms. The van der Waals surface area contributed by atoms with Crippen LogP contribution in [0.2, 0.25) is 5.02 Å². The van der Waals surface area contributed by atoms with E-state index in [9.17, 15) is 4.57 Å². The molecule has 4 rings (SSSR count). The van der Waals surface area contributed by atoms with Gasteiger partial charge >= 0.3 is 0 Å². The average molecular weight is 470 g/mol. The third-order valence-corrected chi connectivity index (χ3v) is 7.56. The Bertz CT molecular complexity index is 1190. The smallest absolute Gasteiger partial charge is 0.229 e. The second-order valence-corrected chi connectivity index (χ2v) is 12.2. The van der Waals surface area contributed by atoms with Gasteiger partial charge in [0.1, 0.15) is 12.2 Å². The molecule has 1 aromatic heterocycles. The summed E-state index contributed by atoms with van der Waals surface area (Å²) in [7, 11) is -0.324. The molecule has 0 fully saturated rings. The highest BCUT2D eigenvalue weighted by Crippen LogP contribution is 2.38. The maximum absolute atomic E-state index is 12.7. The fraction of sp³-hybridized carbons (Fsp3) is 0.333. The highest BCUT2D eigenvalue weighted by Gasteiger charge is 2.18. The van der Waals surface area contributed by atoms with Crippen LogP contribution in [0, 0.1) is 0 Å². The fourth-order valence-electron chi connectivity index (χ4n) is 4.02. The Morgan fingerprint density at radius 1 is 1.12 bits per heavy atom. The number of para-hydroxylation sites is 1. The SMILES string of the molecule is CCc1cc2c(cc1Nc1ncc(Cl)c(Nc3ccccc3P(C)(C)=O)n1)CN(C)CC2. The van der Waals surface area contributed by atoms with E-state index in [1.54, 1.807) is 19.5 Å². The number of hydrogen-bond donors (Lipinski definition) is 2. The van der Waals surface area contributed by atoms with Crippen LogP contribution in [-0.2, 0) is 24.0 Å². The van der Waals surface area contributed by atoms with Gasteiger partial charge < -0.3 is 20.1 Å². The van der Waals surface area contributed by atoms with Gasteiger partial charge in [-0.15, -0.1) is 0 Å². The highest BCUT2D eigenvalue weighted by atomic mass is 35.5. The van der Waals surface area contributed by atoms with E-state index in [0.29, 0.717) is 16.8 Å². The first-order valence-corrected chi connectivity index (χ1v) is 13.8. The lowest BCUT2D eigenvalue weighted by molar-refractivity contribution is 0.313. The number of aryl methyl sites for hydroxylation is 1. The van der Waals surface area contributed by atoms with E-state index in [1.807, 2.05) is 24.3 Å². The molecule has 3 aromatic rings. The molecule has 0 radical (unpaired) electrons. The molecule has 0 aliphatic carbocycles. The molecule has 0 spiro atoms. The minimum atomic E-state index is -2.47. The molecule has 168 valence electrons. The average Bonchev–Trinajstić information content (AvgIpc) is 2.75. The van der Waals surface area contributed by atoms with Crippen LogP contribution in [0.4, 0.5) is 23.1 Å². The molecule has 32 heavy (non-hydrogen) atoms. The van der Waals surface area contributed by atoms with Gasteiger partial charge in [0.25, 0.3) is 0 Å². The lowest BCUT2D eigenvalue weighted by Gasteiger charge is -2.26. The van der Waals surface area contributed by atoms with Gasteiger partial charge in [-0.3, -0.25) is 0 Å². The Hall–Kier alpha value is -2.40. The lowest BCUT2D eigenvalue weighted by Crippen LogP contribution is -2.26. The van der Waals surface area contributed by atoms with Crippen molar-refractivity contribution < 1.29 is 4.57 Å². The number of nitrogens with one attached hydrogen (secondary N) is 2. The third kappa shape index (κ3) is 4.98. The number of hydrogen-bond acceptors (Lipinski definition) is 6. The van der Waals surface area contributed by atoms with E-state index in [4.69, 9.17) is 11.6 Å². The van der Waals surface area contributed by atoms with E-state index in [1.165, 1.54) is 16.7 Å². The molecule has 2 aromatic carbocycles. The van der Waals surface area contributed by atoms with E-state index in [0.717, 1.165) is 42.6 Å². The summed E-state index contributed by atoms with van der Waals surface area (Å²) in [6.07, 6.45) is 3.57. The van der Waals surface area contributed by atoms with Crippen molar-refractivity contribution in [2.75, 3.05) is 37.6 Å². The Balaban J connectivity index is 1.65. The van der Waals surface area contributed by atoms with Gasteiger partial charge in [0, 0.05) is 24.1 Å². The summed E-state index contributed by atoms with van der Waals surface area (Å²) in [5.74, 6) is 0.935. The van der Waals surface area contributed by atoms with Gasteiger partial charge in [-0.1, -0.05) is 36.7 Å². The molecule has 0 saturated heterocycles. The zero-order valence-corrected chi connectivity index (χ0v) is 20.6. The maximum atomic E-state index is 12.7. The van der Waals surface area contributed by atoms with Crippen LogP contribution in [0.1, 0.15) is 23.6 Å². The molecular formula is C24H29ClN5OP. The summed E-state index contributed by atoms with van der Waals surface area (Å²) in [5.41, 5.74) is 5.75. The number of aromatic nitrogens is 2. The number of nitrogens with zero attached hydrogens (tertiary/aromatic N) is 3. The summed E-state index contributed by atoms with van der Waals surface area (Å²) in [6, 6.07) is 12.1. The number of fused-ring (bicyclic) bond motifs is 1. The van der Waals surface area contributed by atoms with Crippen molar-refractivity contribution in [3.63, 3.8) is 0 Å². The molecule has 0 atom stereocenters. The number of halogens is 1. The van der Waals surface area contributed by atoms with Crippen molar-refractivity contribution >= 4 is 47.2 Å². The lowest BCUT2D eigenvalue weighted by atomic mass is 9.95. The van der Waals surface area contributed by atoms with Crippen LogP contribution in [0.15, 0.2) is 42.6 Å². The summed E-state index contributed by atoms with van der Waals surface area (Å²) in [4.78, 5) is 11.3. The molecule has 6 nitrogen and oxygen atoms in total. The number of rotatable bonds is 6. The molecule has 0 saturated carbocycles. The van der Waals surface area contributed by atoms with E-state index in [2.05, 4.69) is 51.6 Å². The topological polar surface area (TPSA) is 70.1 Å². The Labute approximate surface area is 194 Å². The number of likely N-dealkylation sites (N-methyl/N-ethyl adjacent to an activating group) is 1. The third-order valence-electron chi connectivity index (χ3n) is 5.74. The largest absolute Gasteiger partial charge is 0.338 e. The van der Waals surface area contributed by atoms with Crippen LogP contribution in [-0.4, -0.2) is 41.8 Å². The molecule has 8 heteroatoms. The quantitative estimate of drug-likeness (QED) is 0.470. The van der Waals surface area contributed by atoms with Crippen molar-refractivity contribution in [2.45, 2.75) is 26.3 Å². The summed E-state index contributed by atoms with van der Waals surface area (Å²) < 4.78 is 12.7. The molecule has 1 aliphatic rings. The van der Waals surface area contributed by atoms with Gasteiger partial charge in [0.2, 0.25) is 5.95 Å². The first kappa shape index (κ1) is 22.8. The van der Waals surface area contributed by atoms with Gasteiger partial charge in [0.15, 0.2) is 5.82 Å². The van der Waals surface area contributed by atoms with Crippen molar-refractivity contribution in [1.29, 1.82) is 0 Å². The van der Waals surface area contributed by atoms with Crippen molar-refractivity contribution in [1.82, 2.24) is 14.9 Å². The number of anilines is 4. The normalized spacial score (nSPS) is 14.2. The summed E-state index contributed by atoms with van der Waals surface area (Å²) >= 11 is 6.40. The zero-order chi connectivity index (χ0) is 22.9. The molecule has 2 heterocycles. The zero-order valence-electron chi connectivity index (χ0n) is 18.9. The molecule has 0 unspecified atom stereocenters. The van der Waals surface area contributed by atoms with E-state index in [-0.39, 0.29) is 0 Å². The van der Waals surface area contributed by atoms with Gasteiger partial charge in [0.05, 0.1) is 11.9 Å². The van der Waals surface area contributed by atoms with Crippen molar-refractivity contribution in [3.8, 4) is 0 Å². The molecular weight excluding hydrogens is 441 g/mol. The highest BCUT2D eigenvalue weighted by molar-refractivity contribution is 7.70. The first-order valence-electron chi connectivity index (χ1n) is 10.8. The Kier molecular flexibility index (Phi) is 6.57.